The van der Waals surface area contributed by atoms with Crippen molar-refractivity contribution < 1.29 is 23.9 Å². The second kappa shape index (κ2) is 6.61. The van der Waals surface area contributed by atoms with E-state index in [-0.39, 0.29) is 28.1 Å². The molecule has 1 N–H and O–H groups in total. The number of urea groups is 1. The minimum absolute atomic E-state index is 0.106. The number of ether oxygens (including phenoxy) is 2. The number of nitrogens with zero attached hydrogens (tertiary/aromatic N) is 1. The number of amides is 4. The van der Waals surface area contributed by atoms with E-state index in [1.807, 2.05) is 0 Å². The zero-order valence-electron chi connectivity index (χ0n) is 13.5. The summed E-state index contributed by atoms with van der Waals surface area (Å²) in [4.78, 5) is 38.0. The highest BCUT2D eigenvalue weighted by Crippen LogP contribution is 2.34. The van der Waals surface area contributed by atoms with E-state index in [1.165, 1.54) is 24.3 Å². The molecule has 0 saturated carbocycles. The number of nitrogens with one attached hydrogen (secondary N) is 1. The molecule has 1 saturated heterocycles. The van der Waals surface area contributed by atoms with Gasteiger partial charge in [0.25, 0.3) is 11.8 Å². The number of hydrogen-bond acceptors (Lipinski definition) is 5. The van der Waals surface area contributed by atoms with Crippen molar-refractivity contribution in [3.8, 4) is 11.5 Å². The average Bonchev–Trinajstić information content (AvgIpc) is 3.09. The van der Waals surface area contributed by atoms with Crippen molar-refractivity contribution >= 4 is 52.8 Å². The number of benzene rings is 2. The molecule has 9 heteroatoms. The summed E-state index contributed by atoms with van der Waals surface area (Å²) in [6, 6.07) is 8.39. The van der Waals surface area contributed by atoms with E-state index in [1.54, 1.807) is 18.2 Å². The van der Waals surface area contributed by atoms with Gasteiger partial charge in [0, 0.05) is 0 Å². The van der Waals surface area contributed by atoms with Crippen molar-refractivity contribution in [2.45, 2.75) is 0 Å². The minimum Gasteiger partial charge on any atom is -0.454 e. The maximum Gasteiger partial charge on any atom is 0.335 e. The number of hydrogen-bond donors (Lipinski definition) is 1. The lowest BCUT2D eigenvalue weighted by molar-refractivity contribution is -0.122. The van der Waals surface area contributed by atoms with Crippen LogP contribution in [0, 0.1) is 0 Å². The molecule has 27 heavy (non-hydrogen) atoms. The highest BCUT2D eigenvalue weighted by molar-refractivity contribution is 6.43. The molecule has 0 radical (unpaired) electrons. The van der Waals surface area contributed by atoms with Gasteiger partial charge in [-0.2, -0.15) is 0 Å². The summed E-state index contributed by atoms with van der Waals surface area (Å²) in [6.45, 7) is 0.106. The van der Waals surface area contributed by atoms with E-state index in [0.717, 1.165) is 4.90 Å². The Bertz CT molecular complexity index is 1030. The maximum absolute atomic E-state index is 12.8. The van der Waals surface area contributed by atoms with Gasteiger partial charge in [-0.15, -0.1) is 0 Å². The number of fused-ring (bicyclic) bond motifs is 1. The first kappa shape index (κ1) is 17.4. The maximum atomic E-state index is 12.8. The molecular formula is C18H10Cl2N2O5. The fourth-order valence-electron chi connectivity index (χ4n) is 2.69. The van der Waals surface area contributed by atoms with Gasteiger partial charge in [0.15, 0.2) is 11.5 Å². The van der Waals surface area contributed by atoms with Crippen molar-refractivity contribution in [2.75, 3.05) is 11.7 Å². The molecule has 7 nitrogen and oxygen atoms in total. The molecule has 0 unspecified atom stereocenters. The summed E-state index contributed by atoms with van der Waals surface area (Å²) < 4.78 is 10.5. The van der Waals surface area contributed by atoms with E-state index < -0.39 is 17.8 Å². The highest BCUT2D eigenvalue weighted by Gasteiger charge is 2.37. The molecule has 0 atom stereocenters. The number of carbonyl (C=O) groups excluding carboxylic acids is 3. The Hall–Kier alpha value is -3.03. The van der Waals surface area contributed by atoms with Crippen molar-refractivity contribution in [2.24, 2.45) is 0 Å². The largest absolute Gasteiger partial charge is 0.454 e. The monoisotopic (exact) mass is 404 g/mol. The first-order valence-electron chi connectivity index (χ1n) is 7.70. The van der Waals surface area contributed by atoms with Crippen LogP contribution in [-0.2, 0) is 9.59 Å². The molecule has 0 aliphatic carbocycles. The lowest BCUT2D eigenvalue weighted by Crippen LogP contribution is -2.54. The van der Waals surface area contributed by atoms with Crippen LogP contribution in [-0.4, -0.2) is 24.6 Å². The molecule has 0 aromatic heterocycles. The molecule has 0 spiro atoms. The fraction of sp³-hybridized carbons (Fsp3) is 0.0556. The van der Waals surface area contributed by atoms with Crippen LogP contribution >= 0.6 is 23.2 Å². The number of halogens is 2. The Morgan fingerprint density at radius 2 is 1.74 bits per heavy atom. The van der Waals surface area contributed by atoms with E-state index >= 15 is 0 Å². The van der Waals surface area contributed by atoms with Gasteiger partial charge in [0.05, 0.1) is 15.7 Å². The number of barbiturate groups is 1. The summed E-state index contributed by atoms with van der Waals surface area (Å²) in [7, 11) is 0. The fourth-order valence-corrected chi connectivity index (χ4v) is 2.98. The number of carbonyl (C=O) groups is 3. The summed E-state index contributed by atoms with van der Waals surface area (Å²) >= 11 is 11.8. The lowest BCUT2D eigenvalue weighted by atomic mass is 10.1. The van der Waals surface area contributed by atoms with Crippen molar-refractivity contribution in [1.29, 1.82) is 0 Å². The van der Waals surface area contributed by atoms with E-state index in [4.69, 9.17) is 32.7 Å². The quantitative estimate of drug-likeness (QED) is 0.612. The topological polar surface area (TPSA) is 84.9 Å². The number of imide groups is 2. The molecule has 136 valence electrons. The van der Waals surface area contributed by atoms with Crippen LogP contribution in [0.4, 0.5) is 10.5 Å². The van der Waals surface area contributed by atoms with Gasteiger partial charge in [0.1, 0.15) is 5.57 Å². The third-order valence-electron chi connectivity index (χ3n) is 3.97. The van der Waals surface area contributed by atoms with Gasteiger partial charge in [-0.25, -0.2) is 9.69 Å². The third kappa shape index (κ3) is 3.11. The Labute approximate surface area is 163 Å². The Kier molecular flexibility index (Phi) is 4.25. The van der Waals surface area contributed by atoms with Crippen LogP contribution in [0.5, 0.6) is 11.5 Å². The third-order valence-corrected chi connectivity index (χ3v) is 4.71. The van der Waals surface area contributed by atoms with Crippen LogP contribution in [0.3, 0.4) is 0 Å². The first-order chi connectivity index (χ1) is 12.9. The Morgan fingerprint density at radius 1 is 0.963 bits per heavy atom. The molecule has 2 aliphatic heterocycles. The van der Waals surface area contributed by atoms with Gasteiger partial charge in [-0.3, -0.25) is 14.9 Å². The van der Waals surface area contributed by atoms with Crippen LogP contribution in [0.1, 0.15) is 5.56 Å². The van der Waals surface area contributed by atoms with Gasteiger partial charge >= 0.3 is 6.03 Å². The highest BCUT2D eigenvalue weighted by atomic mass is 35.5. The Balaban J connectivity index is 1.72. The molecular weight excluding hydrogens is 395 g/mol. The molecule has 2 heterocycles. The predicted octanol–water partition coefficient (Wildman–Crippen LogP) is 3.39. The van der Waals surface area contributed by atoms with E-state index in [2.05, 4.69) is 5.32 Å². The number of anilines is 1. The van der Waals surface area contributed by atoms with Crippen LogP contribution in [0.2, 0.25) is 10.0 Å². The Morgan fingerprint density at radius 3 is 2.52 bits per heavy atom. The normalized spacial score (nSPS) is 17.5. The SMILES string of the molecule is O=C1NC(=O)N(c2ccc(Cl)c(Cl)c2)C(=O)/C1=C/c1ccc2c(c1)OCO2. The van der Waals surface area contributed by atoms with Gasteiger partial charge in [-0.05, 0) is 42.0 Å². The molecule has 0 bridgehead atoms. The summed E-state index contributed by atoms with van der Waals surface area (Å²) in [5, 5.41) is 2.59. The summed E-state index contributed by atoms with van der Waals surface area (Å²) in [5.41, 5.74) is 0.525. The molecule has 2 aromatic rings. The molecule has 4 amide bonds. The first-order valence-corrected chi connectivity index (χ1v) is 8.46. The van der Waals surface area contributed by atoms with E-state index in [9.17, 15) is 14.4 Å². The zero-order chi connectivity index (χ0) is 19.1. The van der Waals surface area contributed by atoms with Gasteiger partial charge in [0.2, 0.25) is 6.79 Å². The van der Waals surface area contributed by atoms with Crippen LogP contribution < -0.4 is 19.7 Å². The van der Waals surface area contributed by atoms with Crippen LogP contribution in [0.25, 0.3) is 6.08 Å². The zero-order valence-corrected chi connectivity index (χ0v) is 15.0. The standard InChI is InChI=1S/C18H10Cl2N2O5/c19-12-3-2-10(7-13(12)20)22-17(24)11(16(23)21-18(22)25)5-9-1-4-14-15(6-9)27-8-26-14/h1-7H,8H2,(H,21,23,25)/b11-5+. The van der Waals surface area contributed by atoms with Crippen molar-refractivity contribution in [3.63, 3.8) is 0 Å². The van der Waals surface area contributed by atoms with E-state index in [0.29, 0.717) is 17.1 Å². The molecule has 2 aliphatic rings. The molecule has 2 aromatic carbocycles. The second-order valence-corrected chi connectivity index (χ2v) is 6.48. The minimum atomic E-state index is -0.869. The number of rotatable bonds is 2. The second-order valence-electron chi connectivity index (χ2n) is 5.67. The van der Waals surface area contributed by atoms with Crippen molar-refractivity contribution in [1.82, 2.24) is 5.32 Å². The van der Waals surface area contributed by atoms with Crippen molar-refractivity contribution in [3.05, 3.63) is 57.6 Å². The van der Waals surface area contributed by atoms with Gasteiger partial charge in [-0.1, -0.05) is 29.3 Å². The molecule has 1 fully saturated rings. The summed E-state index contributed by atoms with van der Waals surface area (Å²) in [6.07, 6.45) is 1.37. The summed E-state index contributed by atoms with van der Waals surface area (Å²) in [5.74, 6) is -0.492. The van der Waals surface area contributed by atoms with Gasteiger partial charge < -0.3 is 9.47 Å². The average molecular weight is 405 g/mol. The molecule has 4 rings (SSSR count). The predicted molar refractivity (Wildman–Crippen MR) is 98.0 cm³/mol. The van der Waals surface area contributed by atoms with Crippen LogP contribution in [0.15, 0.2) is 42.0 Å². The lowest BCUT2D eigenvalue weighted by Gasteiger charge is -2.26. The smallest absolute Gasteiger partial charge is 0.335 e.